The van der Waals surface area contributed by atoms with Crippen molar-refractivity contribution in [2.45, 2.75) is 44.1 Å². The van der Waals surface area contributed by atoms with Crippen molar-refractivity contribution in [3.63, 3.8) is 0 Å². The van der Waals surface area contributed by atoms with E-state index in [9.17, 15) is 26.4 Å². The first-order valence-electron chi connectivity index (χ1n) is 10.9. The number of nitrogens with zero attached hydrogens (tertiary/aromatic N) is 2. The van der Waals surface area contributed by atoms with Crippen LogP contribution < -0.4 is 4.72 Å². The van der Waals surface area contributed by atoms with Crippen molar-refractivity contribution in [3.8, 4) is 11.1 Å². The van der Waals surface area contributed by atoms with E-state index in [2.05, 4.69) is 9.72 Å². The first kappa shape index (κ1) is 27.7. The highest BCUT2D eigenvalue weighted by Crippen LogP contribution is 2.40. The van der Waals surface area contributed by atoms with Crippen molar-refractivity contribution in [2.24, 2.45) is 5.92 Å². The number of aliphatic hydroxyl groups excluding tert-OH is 1. The van der Waals surface area contributed by atoms with Gasteiger partial charge in [0.15, 0.2) is 0 Å². The van der Waals surface area contributed by atoms with Gasteiger partial charge >= 0.3 is 12.3 Å². The number of hydrogen-bond donors (Lipinski definition) is 2. The van der Waals surface area contributed by atoms with Gasteiger partial charge in [0.05, 0.1) is 6.61 Å². The summed E-state index contributed by atoms with van der Waals surface area (Å²) < 4.78 is 73.0. The van der Waals surface area contributed by atoms with E-state index in [0.29, 0.717) is 23.1 Å². The number of aromatic nitrogens is 2. The smallest absolute Gasteiger partial charge is 0.446 e. The average Bonchev–Trinajstić information content (AvgIpc) is 3.37. The van der Waals surface area contributed by atoms with Crippen LogP contribution in [0.15, 0.2) is 40.9 Å². The molecule has 0 radical (unpaired) electrons. The van der Waals surface area contributed by atoms with E-state index in [4.69, 9.17) is 5.11 Å². The summed E-state index contributed by atoms with van der Waals surface area (Å²) in [5.74, 6) is -0.764. The molecule has 1 aromatic carbocycles. The topological polar surface area (TPSA) is 111 Å². The summed E-state index contributed by atoms with van der Waals surface area (Å²) in [5, 5.41) is 8.79. The Morgan fingerprint density at radius 1 is 1.25 bits per heavy atom. The molecular formula is C23H26F3N3O5S2. The lowest BCUT2D eigenvalue weighted by Crippen LogP contribution is -2.31. The second-order valence-corrected chi connectivity index (χ2v) is 11.4. The fourth-order valence-corrected chi connectivity index (χ4v) is 6.66. The number of ether oxygens (including phenoxy) is 1. The second-order valence-electron chi connectivity index (χ2n) is 8.45. The molecule has 0 spiro atoms. The molecule has 2 aromatic heterocycles. The highest BCUT2D eigenvalue weighted by molar-refractivity contribution is 7.92. The Hall–Kier alpha value is -2.90. The summed E-state index contributed by atoms with van der Waals surface area (Å²) in [5.41, 5.74) is 2.24. The number of nitrogens with one attached hydrogen (secondary N) is 1. The van der Waals surface area contributed by atoms with Gasteiger partial charge in [-0.05, 0) is 36.0 Å². The van der Waals surface area contributed by atoms with E-state index < -0.39 is 34.7 Å². The lowest BCUT2D eigenvalue weighted by molar-refractivity contribution is -0.147. The largest absolute Gasteiger partial charge is 0.449 e. The number of aliphatic hydroxyl groups is 1. The zero-order valence-corrected chi connectivity index (χ0v) is 21.4. The van der Waals surface area contributed by atoms with Crippen LogP contribution in [0.3, 0.4) is 0 Å². The summed E-state index contributed by atoms with van der Waals surface area (Å²) in [6.45, 7) is 4.91. The molecule has 0 aliphatic carbocycles. The molecule has 0 unspecified atom stereocenters. The Labute approximate surface area is 210 Å². The molecule has 2 heterocycles. The standard InChI is InChI=1S/C23H26F3N3O5S2/c1-14(2)12-18-15(3)19(20(35-18)36(32,33)28-22(31)34-11-10-30)17-6-4-16(5-7-17)13-29-9-8-27-21(29)23(24,25)26/h4-9,14,30H,10-13H2,1-3H3,(H,28,31). The highest BCUT2D eigenvalue weighted by atomic mass is 32.2. The van der Waals surface area contributed by atoms with Gasteiger partial charge in [-0.3, -0.25) is 0 Å². The zero-order valence-electron chi connectivity index (χ0n) is 19.8. The van der Waals surface area contributed by atoms with Gasteiger partial charge in [0.2, 0.25) is 5.82 Å². The van der Waals surface area contributed by atoms with Crippen molar-refractivity contribution >= 4 is 27.5 Å². The van der Waals surface area contributed by atoms with Crippen LogP contribution >= 0.6 is 11.3 Å². The average molecular weight is 546 g/mol. The quantitative estimate of drug-likeness (QED) is 0.407. The molecule has 2 N–H and O–H groups in total. The van der Waals surface area contributed by atoms with Crippen LogP contribution in [-0.4, -0.2) is 42.4 Å². The Morgan fingerprint density at radius 3 is 2.50 bits per heavy atom. The number of imidazole rings is 1. The number of rotatable bonds is 9. The normalized spacial score (nSPS) is 12.2. The Balaban J connectivity index is 1.98. The number of benzene rings is 1. The fourth-order valence-electron chi connectivity index (χ4n) is 3.61. The summed E-state index contributed by atoms with van der Waals surface area (Å²) in [7, 11) is -4.30. The van der Waals surface area contributed by atoms with Crippen LogP contribution in [0, 0.1) is 12.8 Å². The molecule has 196 valence electrons. The minimum Gasteiger partial charge on any atom is -0.446 e. The number of carbonyl (C=O) groups is 1. The fraction of sp³-hybridized carbons (Fsp3) is 0.391. The van der Waals surface area contributed by atoms with Gasteiger partial charge in [0.1, 0.15) is 10.8 Å². The van der Waals surface area contributed by atoms with Gasteiger partial charge < -0.3 is 14.4 Å². The van der Waals surface area contributed by atoms with Crippen LogP contribution in [0.2, 0.25) is 0 Å². The molecule has 8 nitrogen and oxygen atoms in total. The number of hydrogen-bond acceptors (Lipinski definition) is 7. The van der Waals surface area contributed by atoms with Crippen LogP contribution in [-0.2, 0) is 33.9 Å². The number of sulfonamides is 1. The second kappa shape index (κ2) is 11.0. The van der Waals surface area contributed by atoms with Crippen LogP contribution in [0.5, 0.6) is 0 Å². The SMILES string of the molecule is Cc1c(CC(C)C)sc(S(=O)(=O)NC(=O)OCCO)c1-c1ccc(Cn2ccnc2C(F)(F)F)cc1. The minimum atomic E-state index is -4.58. The molecule has 36 heavy (non-hydrogen) atoms. The number of carbonyl (C=O) groups excluding carboxylic acids is 1. The van der Waals surface area contributed by atoms with Crippen LogP contribution in [0.25, 0.3) is 11.1 Å². The number of thiophene rings is 1. The van der Waals surface area contributed by atoms with Crippen LogP contribution in [0.1, 0.15) is 35.7 Å². The molecule has 3 aromatic rings. The number of alkyl halides is 3. The van der Waals surface area contributed by atoms with Gasteiger partial charge in [-0.2, -0.15) is 13.2 Å². The summed E-state index contributed by atoms with van der Waals surface area (Å²) >= 11 is 1.05. The number of amides is 1. The van der Waals surface area contributed by atoms with E-state index in [1.165, 1.54) is 6.20 Å². The molecule has 13 heteroatoms. The van der Waals surface area contributed by atoms with Crippen molar-refractivity contribution in [1.82, 2.24) is 14.3 Å². The van der Waals surface area contributed by atoms with Crippen molar-refractivity contribution in [3.05, 3.63) is 58.5 Å². The van der Waals surface area contributed by atoms with Crippen molar-refractivity contribution in [2.75, 3.05) is 13.2 Å². The highest BCUT2D eigenvalue weighted by Gasteiger charge is 2.36. The molecular weight excluding hydrogens is 519 g/mol. The van der Waals surface area contributed by atoms with Gasteiger partial charge in [0, 0.05) is 29.4 Å². The lowest BCUT2D eigenvalue weighted by atomic mass is 9.99. The Kier molecular flexibility index (Phi) is 8.47. The predicted octanol–water partition coefficient (Wildman–Crippen LogP) is 4.59. The van der Waals surface area contributed by atoms with Crippen LogP contribution in [0.4, 0.5) is 18.0 Å². The van der Waals surface area contributed by atoms with Crippen molar-refractivity contribution < 1.29 is 36.2 Å². The van der Waals surface area contributed by atoms with Gasteiger partial charge in [0.25, 0.3) is 10.0 Å². The summed E-state index contributed by atoms with van der Waals surface area (Å²) in [4.78, 5) is 16.1. The molecule has 0 saturated carbocycles. The third kappa shape index (κ3) is 6.45. The number of halogens is 3. The van der Waals surface area contributed by atoms with E-state index in [0.717, 1.165) is 32.5 Å². The van der Waals surface area contributed by atoms with E-state index >= 15 is 0 Å². The van der Waals surface area contributed by atoms with E-state index in [1.807, 2.05) is 18.6 Å². The van der Waals surface area contributed by atoms with Gasteiger partial charge in [-0.25, -0.2) is 22.9 Å². The monoisotopic (exact) mass is 545 g/mol. The maximum Gasteiger partial charge on any atom is 0.449 e. The maximum absolute atomic E-state index is 13.1. The van der Waals surface area contributed by atoms with E-state index in [-0.39, 0.29) is 23.3 Å². The molecule has 0 bridgehead atoms. The molecule has 0 atom stereocenters. The third-order valence-electron chi connectivity index (χ3n) is 5.16. The lowest BCUT2D eigenvalue weighted by Gasteiger charge is -2.12. The predicted molar refractivity (Wildman–Crippen MR) is 128 cm³/mol. The maximum atomic E-state index is 13.1. The first-order chi connectivity index (χ1) is 16.8. The molecule has 3 rings (SSSR count). The Bertz CT molecular complexity index is 1310. The van der Waals surface area contributed by atoms with E-state index in [1.54, 1.807) is 31.2 Å². The molecule has 0 aliphatic heterocycles. The molecule has 0 fully saturated rings. The third-order valence-corrected chi connectivity index (χ3v) is 8.30. The van der Waals surface area contributed by atoms with Crippen molar-refractivity contribution in [1.29, 1.82) is 0 Å². The summed E-state index contributed by atoms with van der Waals surface area (Å²) in [6.07, 6.45) is -2.85. The zero-order chi connectivity index (χ0) is 26.7. The Morgan fingerprint density at radius 2 is 1.92 bits per heavy atom. The summed E-state index contributed by atoms with van der Waals surface area (Å²) in [6, 6.07) is 6.51. The molecule has 1 amide bonds. The molecule has 0 saturated heterocycles. The van der Waals surface area contributed by atoms with Gasteiger partial charge in [-0.1, -0.05) is 38.1 Å². The first-order valence-corrected chi connectivity index (χ1v) is 13.2. The minimum absolute atomic E-state index is 0.0697. The van der Waals surface area contributed by atoms with Gasteiger partial charge in [-0.15, -0.1) is 11.3 Å². The molecule has 0 aliphatic rings.